The third kappa shape index (κ3) is 3.11. The van der Waals surface area contributed by atoms with Crippen molar-refractivity contribution >= 4 is 0 Å². The van der Waals surface area contributed by atoms with Crippen molar-refractivity contribution in [3.8, 4) is 0 Å². The van der Waals surface area contributed by atoms with Crippen LogP contribution in [0.25, 0.3) is 0 Å². The molecule has 1 aromatic heterocycles. The van der Waals surface area contributed by atoms with Crippen molar-refractivity contribution in [2.24, 2.45) is 0 Å². The maximum Gasteiger partial charge on any atom is 0.105 e. The highest BCUT2D eigenvalue weighted by molar-refractivity contribution is 5.23. The number of hydrogen-bond donors (Lipinski definition) is 1. The van der Waals surface area contributed by atoms with Gasteiger partial charge in [-0.3, -0.25) is 4.90 Å². The molecule has 2 rings (SSSR count). The predicted molar refractivity (Wildman–Crippen MR) is 70.3 cm³/mol. The summed E-state index contributed by atoms with van der Waals surface area (Å²) in [6.45, 7) is 11.0. The van der Waals surface area contributed by atoms with E-state index < -0.39 is 0 Å². The molecule has 17 heavy (non-hydrogen) atoms. The summed E-state index contributed by atoms with van der Waals surface area (Å²) < 4.78 is 5.64. The second kappa shape index (κ2) is 5.69. The van der Waals surface area contributed by atoms with Crippen LogP contribution in [-0.2, 0) is 0 Å². The van der Waals surface area contributed by atoms with Gasteiger partial charge in [-0.25, -0.2) is 0 Å². The third-order valence-electron chi connectivity index (χ3n) is 3.67. The minimum atomic E-state index is 0.477. The first-order valence-corrected chi connectivity index (χ1v) is 6.70. The van der Waals surface area contributed by atoms with Crippen LogP contribution in [0.4, 0.5) is 0 Å². The highest BCUT2D eigenvalue weighted by Crippen LogP contribution is 2.26. The fourth-order valence-electron chi connectivity index (χ4n) is 2.70. The quantitative estimate of drug-likeness (QED) is 0.855. The molecular formula is C14H24N2O. The Balaban J connectivity index is 2.06. The Hall–Kier alpha value is -0.800. The molecule has 0 saturated carbocycles. The summed E-state index contributed by atoms with van der Waals surface area (Å²) in [7, 11) is 0. The van der Waals surface area contributed by atoms with Crippen LogP contribution in [0, 0.1) is 13.8 Å². The topological polar surface area (TPSA) is 28.4 Å². The van der Waals surface area contributed by atoms with Crippen molar-refractivity contribution in [3.63, 3.8) is 0 Å². The molecule has 0 aliphatic carbocycles. The zero-order valence-electron chi connectivity index (χ0n) is 11.3. The van der Waals surface area contributed by atoms with E-state index in [4.69, 9.17) is 4.42 Å². The van der Waals surface area contributed by atoms with E-state index in [1.807, 2.05) is 6.92 Å². The van der Waals surface area contributed by atoms with Crippen molar-refractivity contribution in [1.82, 2.24) is 10.2 Å². The molecule has 3 heteroatoms. The van der Waals surface area contributed by atoms with Gasteiger partial charge in [0, 0.05) is 11.6 Å². The van der Waals surface area contributed by atoms with Crippen molar-refractivity contribution in [2.45, 2.75) is 39.7 Å². The zero-order valence-corrected chi connectivity index (χ0v) is 11.3. The van der Waals surface area contributed by atoms with Gasteiger partial charge in [-0.15, -0.1) is 0 Å². The third-order valence-corrected chi connectivity index (χ3v) is 3.67. The van der Waals surface area contributed by atoms with Gasteiger partial charge in [0.25, 0.3) is 0 Å². The minimum Gasteiger partial charge on any atom is -0.466 e. The van der Waals surface area contributed by atoms with E-state index in [9.17, 15) is 0 Å². The van der Waals surface area contributed by atoms with Gasteiger partial charge in [0.1, 0.15) is 11.5 Å². The predicted octanol–water partition coefficient (Wildman–Crippen LogP) is 2.64. The number of nitrogens with one attached hydrogen (secondary N) is 1. The maximum absolute atomic E-state index is 5.64. The maximum atomic E-state index is 5.64. The van der Waals surface area contributed by atoms with Crippen LogP contribution in [0.1, 0.15) is 42.9 Å². The number of furan rings is 1. The lowest BCUT2D eigenvalue weighted by molar-refractivity contribution is 0.194. The first-order valence-electron chi connectivity index (χ1n) is 6.70. The van der Waals surface area contributed by atoms with Crippen molar-refractivity contribution in [3.05, 3.63) is 23.2 Å². The molecule has 2 heterocycles. The van der Waals surface area contributed by atoms with E-state index in [1.165, 1.54) is 31.5 Å². The number of rotatable bonds is 2. The molecule has 3 nitrogen and oxygen atoms in total. The van der Waals surface area contributed by atoms with Gasteiger partial charge in [0.15, 0.2) is 0 Å². The van der Waals surface area contributed by atoms with E-state index >= 15 is 0 Å². The Morgan fingerprint density at radius 3 is 2.41 bits per heavy atom. The molecule has 0 bridgehead atoms. The molecule has 1 aromatic rings. The molecule has 1 aliphatic rings. The van der Waals surface area contributed by atoms with Crippen LogP contribution in [0.15, 0.2) is 10.5 Å². The van der Waals surface area contributed by atoms with E-state index in [1.54, 1.807) is 0 Å². The van der Waals surface area contributed by atoms with E-state index in [2.05, 4.69) is 30.1 Å². The second-order valence-corrected chi connectivity index (χ2v) is 5.04. The van der Waals surface area contributed by atoms with Gasteiger partial charge in [-0.2, -0.15) is 0 Å². The summed E-state index contributed by atoms with van der Waals surface area (Å²) in [5, 5.41) is 3.46. The Morgan fingerprint density at radius 2 is 1.88 bits per heavy atom. The Labute approximate surface area is 104 Å². The fourth-order valence-corrected chi connectivity index (χ4v) is 2.70. The molecule has 96 valence electrons. The summed E-state index contributed by atoms with van der Waals surface area (Å²) >= 11 is 0. The molecule has 0 radical (unpaired) electrons. The fraction of sp³-hybridized carbons (Fsp3) is 0.714. The summed E-state index contributed by atoms with van der Waals surface area (Å²) in [5.41, 5.74) is 1.36. The van der Waals surface area contributed by atoms with Gasteiger partial charge in [0.05, 0.1) is 0 Å². The van der Waals surface area contributed by atoms with E-state index in [-0.39, 0.29) is 0 Å². The first kappa shape index (κ1) is 12.7. The smallest absolute Gasteiger partial charge is 0.105 e. The summed E-state index contributed by atoms with van der Waals surface area (Å²) in [6.07, 6.45) is 2.47. The lowest BCUT2D eigenvalue weighted by Gasteiger charge is -2.30. The van der Waals surface area contributed by atoms with E-state index in [0.29, 0.717) is 6.04 Å². The molecule has 0 aromatic carbocycles. The average Bonchev–Trinajstić information content (AvgIpc) is 2.56. The van der Waals surface area contributed by atoms with Crippen LogP contribution in [0.5, 0.6) is 0 Å². The standard InChI is InChI=1S/C14H24N2O/c1-11-10-14(13(3)17-11)12(2)16-8-4-6-15-7-5-9-16/h10,12,15H,4-9H2,1-3H3. The van der Waals surface area contributed by atoms with Crippen molar-refractivity contribution in [1.29, 1.82) is 0 Å². The van der Waals surface area contributed by atoms with Gasteiger partial charge in [-0.05, 0) is 65.9 Å². The van der Waals surface area contributed by atoms with Crippen molar-refractivity contribution < 1.29 is 4.42 Å². The SMILES string of the molecule is Cc1cc(C(C)N2CCCNCCC2)c(C)o1. The molecule has 1 N–H and O–H groups in total. The molecule has 1 unspecified atom stereocenters. The molecular weight excluding hydrogens is 212 g/mol. The molecule has 1 fully saturated rings. The minimum absolute atomic E-state index is 0.477. The van der Waals surface area contributed by atoms with Gasteiger partial charge >= 0.3 is 0 Å². The monoisotopic (exact) mass is 236 g/mol. The van der Waals surface area contributed by atoms with Crippen LogP contribution in [-0.4, -0.2) is 31.1 Å². The largest absolute Gasteiger partial charge is 0.466 e. The summed E-state index contributed by atoms with van der Waals surface area (Å²) in [5.74, 6) is 2.10. The van der Waals surface area contributed by atoms with Crippen LogP contribution < -0.4 is 5.32 Å². The van der Waals surface area contributed by atoms with Crippen molar-refractivity contribution in [2.75, 3.05) is 26.2 Å². The average molecular weight is 236 g/mol. The molecule has 1 aliphatic heterocycles. The van der Waals surface area contributed by atoms with Gasteiger partial charge in [-0.1, -0.05) is 0 Å². The first-order chi connectivity index (χ1) is 8.18. The Morgan fingerprint density at radius 1 is 1.24 bits per heavy atom. The molecule has 0 amide bonds. The number of nitrogens with zero attached hydrogens (tertiary/aromatic N) is 1. The number of aryl methyl sites for hydroxylation is 2. The highest BCUT2D eigenvalue weighted by Gasteiger charge is 2.20. The molecule has 0 spiro atoms. The normalized spacial score (nSPS) is 20.9. The lowest BCUT2D eigenvalue weighted by atomic mass is 10.1. The molecule has 1 saturated heterocycles. The summed E-state index contributed by atoms with van der Waals surface area (Å²) in [6, 6.07) is 2.67. The van der Waals surface area contributed by atoms with Crippen LogP contribution in [0.2, 0.25) is 0 Å². The van der Waals surface area contributed by atoms with Crippen LogP contribution >= 0.6 is 0 Å². The van der Waals surface area contributed by atoms with Gasteiger partial charge in [0.2, 0.25) is 0 Å². The zero-order chi connectivity index (χ0) is 12.3. The van der Waals surface area contributed by atoms with E-state index in [0.717, 1.165) is 24.6 Å². The Bertz CT molecular complexity index is 351. The Kier molecular flexibility index (Phi) is 4.24. The lowest BCUT2D eigenvalue weighted by Crippen LogP contribution is -2.35. The van der Waals surface area contributed by atoms with Gasteiger partial charge < -0.3 is 9.73 Å². The molecule has 1 atom stereocenters. The summed E-state index contributed by atoms with van der Waals surface area (Å²) in [4.78, 5) is 2.58. The second-order valence-electron chi connectivity index (χ2n) is 5.04. The highest BCUT2D eigenvalue weighted by atomic mass is 16.3. The number of hydrogen-bond acceptors (Lipinski definition) is 3. The van der Waals surface area contributed by atoms with Crippen LogP contribution in [0.3, 0.4) is 0 Å².